The molecule has 1 amide bonds. The second-order valence-corrected chi connectivity index (χ2v) is 5.87. The predicted octanol–water partition coefficient (Wildman–Crippen LogP) is 3.24. The van der Waals surface area contributed by atoms with Crippen molar-refractivity contribution in [3.05, 3.63) is 58.6 Å². The molecule has 2 aromatic carbocycles. The van der Waals surface area contributed by atoms with Gasteiger partial charge < -0.3 is 10.4 Å². The van der Waals surface area contributed by atoms with Crippen LogP contribution in [0.1, 0.15) is 20.9 Å². The maximum Gasteiger partial charge on any atom is 0.280 e. The van der Waals surface area contributed by atoms with Gasteiger partial charge in [-0.25, -0.2) is 4.98 Å². The Labute approximate surface area is 126 Å². The van der Waals surface area contributed by atoms with Crippen LogP contribution in [-0.4, -0.2) is 16.0 Å². The normalized spacial score (nSPS) is 10.7. The van der Waals surface area contributed by atoms with Crippen LogP contribution >= 0.6 is 11.3 Å². The minimum Gasteiger partial charge on any atom is -0.508 e. The first-order valence-electron chi connectivity index (χ1n) is 6.55. The standard InChI is InChI=1S/C16H14N2O2S/c1-10-2-4-11(5-3-10)9-17-15(20)16-18-13-7-6-12(19)8-14(13)21-16/h2-8,19H,9H2,1H3,(H,17,20). The molecule has 0 aliphatic rings. The molecule has 0 unspecified atom stereocenters. The fourth-order valence-corrected chi connectivity index (χ4v) is 2.89. The number of benzene rings is 2. The average molecular weight is 298 g/mol. The van der Waals surface area contributed by atoms with Gasteiger partial charge in [0.2, 0.25) is 0 Å². The molecule has 5 heteroatoms. The van der Waals surface area contributed by atoms with Crippen molar-refractivity contribution < 1.29 is 9.90 Å². The highest BCUT2D eigenvalue weighted by Gasteiger charge is 2.12. The lowest BCUT2D eigenvalue weighted by atomic mass is 10.1. The minimum absolute atomic E-state index is 0.178. The maximum absolute atomic E-state index is 12.1. The number of nitrogens with zero attached hydrogens (tertiary/aromatic N) is 1. The highest BCUT2D eigenvalue weighted by molar-refractivity contribution is 7.20. The summed E-state index contributed by atoms with van der Waals surface area (Å²) in [4.78, 5) is 16.4. The third kappa shape index (κ3) is 3.03. The van der Waals surface area contributed by atoms with Gasteiger partial charge in [0.1, 0.15) is 5.75 Å². The lowest BCUT2D eigenvalue weighted by Gasteiger charge is -2.03. The zero-order valence-electron chi connectivity index (χ0n) is 11.5. The van der Waals surface area contributed by atoms with Crippen molar-refractivity contribution in [1.29, 1.82) is 0 Å². The number of nitrogens with one attached hydrogen (secondary N) is 1. The molecule has 2 N–H and O–H groups in total. The number of aryl methyl sites for hydroxylation is 1. The smallest absolute Gasteiger partial charge is 0.280 e. The van der Waals surface area contributed by atoms with Gasteiger partial charge in [-0.2, -0.15) is 0 Å². The number of phenols is 1. The summed E-state index contributed by atoms with van der Waals surface area (Å²) >= 11 is 1.27. The van der Waals surface area contributed by atoms with Crippen molar-refractivity contribution in [1.82, 2.24) is 10.3 Å². The van der Waals surface area contributed by atoms with Crippen LogP contribution in [0.15, 0.2) is 42.5 Å². The molecule has 3 rings (SSSR count). The molecule has 0 aliphatic heterocycles. The lowest BCUT2D eigenvalue weighted by molar-refractivity contribution is 0.0950. The summed E-state index contributed by atoms with van der Waals surface area (Å²) < 4.78 is 0.801. The number of rotatable bonds is 3. The molecule has 1 aromatic heterocycles. The zero-order chi connectivity index (χ0) is 14.8. The first-order chi connectivity index (χ1) is 10.1. The minimum atomic E-state index is -0.198. The molecular weight excluding hydrogens is 284 g/mol. The summed E-state index contributed by atoms with van der Waals surface area (Å²) in [6.07, 6.45) is 0. The van der Waals surface area contributed by atoms with E-state index in [0.29, 0.717) is 11.6 Å². The third-order valence-corrected chi connectivity index (χ3v) is 4.16. The Balaban J connectivity index is 1.73. The Bertz CT molecular complexity index is 794. The van der Waals surface area contributed by atoms with Gasteiger partial charge >= 0.3 is 0 Å². The van der Waals surface area contributed by atoms with E-state index < -0.39 is 0 Å². The van der Waals surface area contributed by atoms with Crippen LogP contribution in [-0.2, 0) is 6.54 Å². The summed E-state index contributed by atoms with van der Waals surface area (Å²) in [6.45, 7) is 2.50. The lowest BCUT2D eigenvalue weighted by Crippen LogP contribution is -2.22. The number of carbonyl (C=O) groups excluding carboxylic acids is 1. The van der Waals surface area contributed by atoms with E-state index >= 15 is 0 Å². The number of carbonyl (C=O) groups is 1. The fourth-order valence-electron chi connectivity index (χ4n) is 1.97. The topological polar surface area (TPSA) is 62.2 Å². The zero-order valence-corrected chi connectivity index (χ0v) is 12.3. The molecule has 0 spiro atoms. The van der Waals surface area contributed by atoms with Crippen LogP contribution in [0.5, 0.6) is 5.75 Å². The number of aromatic hydroxyl groups is 1. The number of hydrogen-bond donors (Lipinski definition) is 2. The Morgan fingerprint density at radius 3 is 2.76 bits per heavy atom. The van der Waals surface area contributed by atoms with Crippen molar-refractivity contribution in [2.45, 2.75) is 13.5 Å². The molecular formula is C16H14N2O2S. The number of aromatic nitrogens is 1. The van der Waals surface area contributed by atoms with Crippen molar-refractivity contribution in [3.8, 4) is 5.75 Å². The molecule has 0 radical (unpaired) electrons. The molecule has 0 saturated carbocycles. The van der Waals surface area contributed by atoms with Gasteiger partial charge in [0, 0.05) is 6.54 Å². The number of fused-ring (bicyclic) bond motifs is 1. The van der Waals surface area contributed by atoms with Gasteiger partial charge in [-0.15, -0.1) is 11.3 Å². The van der Waals surface area contributed by atoms with E-state index in [2.05, 4.69) is 10.3 Å². The van der Waals surface area contributed by atoms with E-state index in [0.717, 1.165) is 15.8 Å². The van der Waals surface area contributed by atoms with Crippen LogP contribution in [0.25, 0.3) is 10.2 Å². The molecule has 106 valence electrons. The Hall–Kier alpha value is -2.40. The van der Waals surface area contributed by atoms with E-state index in [-0.39, 0.29) is 11.7 Å². The molecule has 1 heterocycles. The van der Waals surface area contributed by atoms with E-state index in [4.69, 9.17) is 0 Å². The second-order valence-electron chi connectivity index (χ2n) is 4.84. The Morgan fingerprint density at radius 1 is 1.24 bits per heavy atom. The summed E-state index contributed by atoms with van der Waals surface area (Å²) in [5, 5.41) is 12.7. The van der Waals surface area contributed by atoms with Gasteiger partial charge in [0.15, 0.2) is 5.01 Å². The first kappa shape index (κ1) is 13.6. The molecule has 0 aliphatic carbocycles. The van der Waals surface area contributed by atoms with Gasteiger partial charge in [-0.3, -0.25) is 4.79 Å². The monoisotopic (exact) mass is 298 g/mol. The van der Waals surface area contributed by atoms with Crippen LogP contribution in [0.3, 0.4) is 0 Å². The number of thiazole rings is 1. The Morgan fingerprint density at radius 2 is 2.00 bits per heavy atom. The molecule has 0 bridgehead atoms. The SMILES string of the molecule is Cc1ccc(CNC(=O)c2nc3ccc(O)cc3s2)cc1. The number of hydrogen-bond acceptors (Lipinski definition) is 4. The Kier molecular flexibility index (Phi) is 3.58. The highest BCUT2D eigenvalue weighted by Crippen LogP contribution is 2.25. The summed E-state index contributed by atoms with van der Waals surface area (Å²) in [7, 11) is 0. The second kappa shape index (κ2) is 5.54. The van der Waals surface area contributed by atoms with Gasteiger partial charge in [0.05, 0.1) is 10.2 Å². The first-order valence-corrected chi connectivity index (χ1v) is 7.37. The number of amides is 1. The van der Waals surface area contributed by atoms with E-state index in [1.807, 2.05) is 31.2 Å². The van der Waals surface area contributed by atoms with Gasteiger partial charge in [-0.05, 0) is 30.7 Å². The van der Waals surface area contributed by atoms with Crippen LogP contribution in [0.4, 0.5) is 0 Å². The summed E-state index contributed by atoms with van der Waals surface area (Å²) in [6, 6.07) is 12.9. The van der Waals surface area contributed by atoms with E-state index in [1.165, 1.54) is 16.9 Å². The van der Waals surface area contributed by atoms with Crippen molar-refractivity contribution >= 4 is 27.5 Å². The van der Waals surface area contributed by atoms with Gasteiger partial charge in [-0.1, -0.05) is 29.8 Å². The maximum atomic E-state index is 12.1. The van der Waals surface area contributed by atoms with E-state index in [1.54, 1.807) is 18.2 Å². The molecule has 21 heavy (non-hydrogen) atoms. The average Bonchev–Trinajstić information content (AvgIpc) is 2.89. The quantitative estimate of drug-likeness (QED) is 0.780. The predicted molar refractivity (Wildman–Crippen MR) is 83.6 cm³/mol. The summed E-state index contributed by atoms with van der Waals surface area (Å²) in [5.41, 5.74) is 2.96. The fraction of sp³-hybridized carbons (Fsp3) is 0.125. The van der Waals surface area contributed by atoms with Crippen molar-refractivity contribution in [2.24, 2.45) is 0 Å². The van der Waals surface area contributed by atoms with Crippen LogP contribution in [0, 0.1) is 6.92 Å². The largest absolute Gasteiger partial charge is 0.508 e. The molecule has 0 atom stereocenters. The third-order valence-electron chi connectivity index (χ3n) is 3.14. The highest BCUT2D eigenvalue weighted by atomic mass is 32.1. The molecule has 3 aromatic rings. The van der Waals surface area contributed by atoms with E-state index in [9.17, 15) is 9.90 Å². The van der Waals surface area contributed by atoms with Gasteiger partial charge in [0.25, 0.3) is 5.91 Å². The molecule has 4 nitrogen and oxygen atoms in total. The summed E-state index contributed by atoms with van der Waals surface area (Å²) in [5.74, 6) is -0.0194. The van der Waals surface area contributed by atoms with Crippen LogP contribution in [0.2, 0.25) is 0 Å². The van der Waals surface area contributed by atoms with Crippen molar-refractivity contribution in [2.75, 3.05) is 0 Å². The molecule has 0 fully saturated rings. The van der Waals surface area contributed by atoms with Crippen molar-refractivity contribution in [3.63, 3.8) is 0 Å². The number of phenolic OH excluding ortho intramolecular Hbond substituents is 1. The molecule has 0 saturated heterocycles. The van der Waals surface area contributed by atoms with Crippen LogP contribution < -0.4 is 5.32 Å².